The summed E-state index contributed by atoms with van der Waals surface area (Å²) in [6.45, 7) is 0. The number of nitrogens with zero attached hydrogens (tertiary/aromatic N) is 1. The molecule has 11 rings (SSSR count). The van der Waals surface area contributed by atoms with E-state index in [-0.39, 0.29) is 0 Å². The number of para-hydroxylation sites is 2. The van der Waals surface area contributed by atoms with Gasteiger partial charge < -0.3 is 9.32 Å². The smallest absolute Gasteiger partial charge is 0.143 e. The van der Waals surface area contributed by atoms with Gasteiger partial charge in [0.25, 0.3) is 0 Å². The molecule has 0 aliphatic heterocycles. The molecule has 0 N–H and O–H groups in total. The molecule has 2 nitrogen and oxygen atoms in total. The van der Waals surface area contributed by atoms with E-state index in [1.807, 2.05) is 17.4 Å². The second-order valence-electron chi connectivity index (χ2n) is 14.0. The number of hydrogen-bond donors (Lipinski definition) is 0. The van der Waals surface area contributed by atoms with Crippen molar-refractivity contribution in [1.29, 1.82) is 0 Å². The lowest BCUT2D eigenvalue weighted by molar-refractivity contribution is 0.670. The molecular weight excluding hydrogens is 687 g/mol. The van der Waals surface area contributed by atoms with Crippen LogP contribution >= 0.6 is 11.3 Å². The van der Waals surface area contributed by atoms with Gasteiger partial charge in [-0.15, -0.1) is 11.3 Å². The Morgan fingerprint density at radius 2 is 1.02 bits per heavy atom. The SMILES string of the molecule is c1ccc(-c2ccc(N(c3ccc(-c4cccc5ccccc45)c(-c4cccc5c4oc4ccccc45)c3)c3cccc4c3sc3ccccc34)cc2)cc1. The Morgan fingerprint density at radius 3 is 1.91 bits per heavy atom. The lowest BCUT2D eigenvalue weighted by atomic mass is 9.90. The lowest BCUT2D eigenvalue weighted by Crippen LogP contribution is -2.10. The van der Waals surface area contributed by atoms with E-state index in [2.05, 4.69) is 199 Å². The Balaban J connectivity index is 1.19. The van der Waals surface area contributed by atoms with Crippen LogP contribution in [0.1, 0.15) is 0 Å². The van der Waals surface area contributed by atoms with Crippen LogP contribution < -0.4 is 4.90 Å². The number of furan rings is 1. The number of anilines is 3. The third-order valence-electron chi connectivity index (χ3n) is 10.9. The fraction of sp³-hybridized carbons (Fsp3) is 0. The molecule has 0 unspecified atom stereocenters. The third kappa shape index (κ3) is 5.24. The predicted molar refractivity (Wildman–Crippen MR) is 235 cm³/mol. The van der Waals surface area contributed by atoms with Crippen LogP contribution in [0.25, 0.3) is 86.3 Å². The number of rotatable bonds is 6. The number of thiophene rings is 1. The largest absolute Gasteiger partial charge is 0.455 e. The third-order valence-corrected chi connectivity index (χ3v) is 12.1. The van der Waals surface area contributed by atoms with E-state index in [0.717, 1.165) is 55.7 Å². The van der Waals surface area contributed by atoms with Crippen molar-refractivity contribution < 1.29 is 4.42 Å². The van der Waals surface area contributed by atoms with Gasteiger partial charge in [0.1, 0.15) is 11.2 Å². The van der Waals surface area contributed by atoms with E-state index < -0.39 is 0 Å². The standard InChI is InChI=1S/C52H33NOS/c1-2-13-34(14-3-1)35-27-29-37(30-28-35)53(48-24-12-23-46-43-19-7-9-26-50(43)55-52(46)48)38-31-32-41(40-20-10-16-36-15-4-5-17-39(36)40)47(33-38)45-22-11-21-44-42-18-6-8-25-49(42)54-51(44)45/h1-33H. The summed E-state index contributed by atoms with van der Waals surface area (Å²) in [5.41, 5.74) is 12.0. The van der Waals surface area contributed by atoms with Gasteiger partial charge in [-0.05, 0) is 81.1 Å². The van der Waals surface area contributed by atoms with Crippen LogP contribution in [0.2, 0.25) is 0 Å². The summed E-state index contributed by atoms with van der Waals surface area (Å²) < 4.78 is 9.26. The second-order valence-corrected chi connectivity index (χ2v) is 15.1. The quantitative estimate of drug-likeness (QED) is 0.170. The van der Waals surface area contributed by atoms with E-state index in [1.54, 1.807) is 0 Å². The molecule has 9 aromatic carbocycles. The zero-order valence-corrected chi connectivity index (χ0v) is 30.6. The molecule has 0 saturated carbocycles. The van der Waals surface area contributed by atoms with Gasteiger partial charge in [0.05, 0.1) is 10.4 Å². The van der Waals surface area contributed by atoms with Gasteiger partial charge in [-0.25, -0.2) is 0 Å². The van der Waals surface area contributed by atoms with Crippen molar-refractivity contribution in [2.45, 2.75) is 0 Å². The molecule has 0 amide bonds. The van der Waals surface area contributed by atoms with Crippen LogP contribution in [-0.4, -0.2) is 0 Å². The maximum absolute atomic E-state index is 6.72. The molecule has 2 heterocycles. The maximum Gasteiger partial charge on any atom is 0.143 e. The second kappa shape index (κ2) is 12.9. The molecule has 0 fully saturated rings. The molecule has 0 radical (unpaired) electrons. The van der Waals surface area contributed by atoms with E-state index in [9.17, 15) is 0 Å². The first-order valence-corrected chi connectivity index (χ1v) is 19.5. The highest BCUT2D eigenvalue weighted by Crippen LogP contribution is 2.48. The molecule has 11 aromatic rings. The highest BCUT2D eigenvalue weighted by atomic mass is 32.1. The van der Waals surface area contributed by atoms with Crippen LogP contribution in [0.5, 0.6) is 0 Å². The monoisotopic (exact) mass is 719 g/mol. The first-order chi connectivity index (χ1) is 27.3. The van der Waals surface area contributed by atoms with Crippen molar-refractivity contribution in [1.82, 2.24) is 0 Å². The van der Waals surface area contributed by atoms with E-state index >= 15 is 0 Å². The Labute approximate surface area is 322 Å². The first-order valence-electron chi connectivity index (χ1n) is 18.7. The minimum Gasteiger partial charge on any atom is -0.455 e. The summed E-state index contributed by atoms with van der Waals surface area (Å²) >= 11 is 1.86. The first kappa shape index (κ1) is 31.6. The van der Waals surface area contributed by atoms with Gasteiger partial charge in [0, 0.05) is 43.2 Å². The average Bonchev–Trinajstić information content (AvgIpc) is 3.83. The van der Waals surface area contributed by atoms with Gasteiger partial charge in [-0.3, -0.25) is 0 Å². The zero-order valence-electron chi connectivity index (χ0n) is 29.8. The highest BCUT2D eigenvalue weighted by Gasteiger charge is 2.22. The fourth-order valence-corrected chi connectivity index (χ4v) is 9.52. The minimum atomic E-state index is 0.893. The Kier molecular flexibility index (Phi) is 7.39. The molecule has 0 aliphatic rings. The number of benzene rings is 9. The van der Waals surface area contributed by atoms with Crippen molar-refractivity contribution >= 4 is 81.3 Å². The van der Waals surface area contributed by atoms with E-state index in [1.165, 1.54) is 47.6 Å². The summed E-state index contributed by atoms with van der Waals surface area (Å²) in [7, 11) is 0. The van der Waals surface area contributed by atoms with Crippen molar-refractivity contribution in [2.24, 2.45) is 0 Å². The van der Waals surface area contributed by atoms with Gasteiger partial charge in [0.2, 0.25) is 0 Å². The molecule has 0 bridgehead atoms. The molecule has 0 aliphatic carbocycles. The van der Waals surface area contributed by atoms with Gasteiger partial charge in [-0.1, -0.05) is 158 Å². The molecule has 3 heteroatoms. The highest BCUT2D eigenvalue weighted by molar-refractivity contribution is 7.26. The molecular formula is C52H33NOS. The summed E-state index contributed by atoms with van der Waals surface area (Å²) in [4.78, 5) is 2.43. The topological polar surface area (TPSA) is 16.4 Å². The summed E-state index contributed by atoms with van der Waals surface area (Å²) in [5.74, 6) is 0. The number of hydrogen-bond acceptors (Lipinski definition) is 3. The number of fused-ring (bicyclic) bond motifs is 7. The summed E-state index contributed by atoms with van der Waals surface area (Å²) in [6.07, 6.45) is 0. The van der Waals surface area contributed by atoms with Gasteiger partial charge >= 0.3 is 0 Å². The lowest BCUT2D eigenvalue weighted by Gasteiger charge is -2.27. The van der Waals surface area contributed by atoms with Gasteiger partial charge in [-0.2, -0.15) is 0 Å². The van der Waals surface area contributed by atoms with Crippen LogP contribution in [0.4, 0.5) is 17.1 Å². The maximum atomic E-state index is 6.72. The van der Waals surface area contributed by atoms with Crippen molar-refractivity contribution in [3.63, 3.8) is 0 Å². The molecule has 0 spiro atoms. The molecule has 0 atom stereocenters. The van der Waals surface area contributed by atoms with Crippen LogP contribution in [0.15, 0.2) is 205 Å². The predicted octanol–water partition coefficient (Wildman–Crippen LogP) is 15.6. The average molecular weight is 720 g/mol. The van der Waals surface area contributed by atoms with Crippen LogP contribution in [0, 0.1) is 0 Å². The van der Waals surface area contributed by atoms with Crippen molar-refractivity contribution in [3.8, 4) is 33.4 Å². The molecule has 258 valence electrons. The summed E-state index contributed by atoms with van der Waals surface area (Å²) in [6, 6.07) is 72.2. The van der Waals surface area contributed by atoms with Crippen LogP contribution in [0.3, 0.4) is 0 Å². The Bertz CT molecular complexity index is 3200. The zero-order chi connectivity index (χ0) is 36.3. The van der Waals surface area contributed by atoms with E-state index in [0.29, 0.717) is 0 Å². The van der Waals surface area contributed by atoms with Crippen LogP contribution in [-0.2, 0) is 0 Å². The van der Waals surface area contributed by atoms with E-state index in [4.69, 9.17) is 4.42 Å². The Hall–Kier alpha value is -6.94. The van der Waals surface area contributed by atoms with Gasteiger partial charge in [0.15, 0.2) is 0 Å². The normalized spacial score (nSPS) is 11.6. The molecule has 0 saturated heterocycles. The van der Waals surface area contributed by atoms with Crippen molar-refractivity contribution in [3.05, 3.63) is 200 Å². The van der Waals surface area contributed by atoms with Crippen molar-refractivity contribution in [2.75, 3.05) is 4.90 Å². The summed E-state index contributed by atoms with van der Waals surface area (Å²) in [5, 5.41) is 7.23. The molecule has 55 heavy (non-hydrogen) atoms. The Morgan fingerprint density at radius 1 is 0.382 bits per heavy atom. The minimum absolute atomic E-state index is 0.893. The molecule has 2 aromatic heterocycles. The fourth-order valence-electron chi connectivity index (χ4n) is 8.32.